The summed E-state index contributed by atoms with van der Waals surface area (Å²) in [5.41, 5.74) is 11.3. The summed E-state index contributed by atoms with van der Waals surface area (Å²) in [5.74, 6) is 0.323. The molecule has 0 amide bonds. The first-order chi connectivity index (χ1) is 12.9. The lowest BCUT2D eigenvalue weighted by Crippen LogP contribution is -2.00. The highest BCUT2D eigenvalue weighted by Crippen LogP contribution is 2.46. The van der Waals surface area contributed by atoms with Gasteiger partial charge in [0.15, 0.2) is 0 Å². The molecule has 3 aromatic rings. The van der Waals surface area contributed by atoms with Gasteiger partial charge in [-0.3, -0.25) is 0 Å². The molecule has 0 radical (unpaired) electrons. The molecule has 1 heteroatoms. The van der Waals surface area contributed by atoms with Crippen molar-refractivity contribution in [3.05, 3.63) is 101 Å². The zero-order chi connectivity index (χ0) is 17.5. The Bertz CT molecular complexity index is 1010. The summed E-state index contributed by atoms with van der Waals surface area (Å²) in [4.78, 5) is 0. The third-order valence-corrected chi connectivity index (χ3v) is 5.84. The molecule has 0 heterocycles. The molecule has 1 N–H and O–H groups in total. The normalized spacial score (nSPS) is 16.8. The molecule has 1 unspecified atom stereocenters. The van der Waals surface area contributed by atoms with Gasteiger partial charge < -0.3 is 5.11 Å². The zero-order valence-corrected chi connectivity index (χ0v) is 14.8. The first-order valence-corrected chi connectivity index (χ1v) is 9.47. The van der Waals surface area contributed by atoms with Crippen LogP contribution in [-0.4, -0.2) is 11.7 Å². The van der Waals surface area contributed by atoms with Crippen molar-refractivity contribution in [1.29, 1.82) is 0 Å². The minimum absolute atomic E-state index is 0.250. The number of fused-ring (bicyclic) bond motifs is 4. The third-order valence-electron chi connectivity index (χ3n) is 5.84. The van der Waals surface area contributed by atoms with Crippen molar-refractivity contribution >= 4 is 5.57 Å². The summed E-state index contributed by atoms with van der Waals surface area (Å²) in [6, 6.07) is 24.3. The quantitative estimate of drug-likeness (QED) is 0.516. The summed E-state index contributed by atoms with van der Waals surface area (Å²) in [6.07, 6.45) is 5.23. The molecule has 128 valence electrons. The lowest BCUT2D eigenvalue weighted by atomic mass is 9.88. The smallest absolute Gasteiger partial charge is 0.0434 e. The predicted molar refractivity (Wildman–Crippen MR) is 107 cm³/mol. The van der Waals surface area contributed by atoms with Crippen LogP contribution in [0.3, 0.4) is 0 Å². The SMILES string of the molecule is OCCCC1=CC(c2cccc3c2Cc2ccccc2-3)c2ccccc21. The van der Waals surface area contributed by atoms with E-state index in [9.17, 15) is 5.11 Å². The van der Waals surface area contributed by atoms with E-state index < -0.39 is 0 Å². The average molecular weight is 338 g/mol. The topological polar surface area (TPSA) is 20.2 Å². The Morgan fingerprint density at radius 2 is 1.50 bits per heavy atom. The molecule has 0 saturated heterocycles. The lowest BCUT2D eigenvalue weighted by Gasteiger charge is -2.16. The number of benzene rings is 3. The van der Waals surface area contributed by atoms with E-state index in [2.05, 4.69) is 72.8 Å². The van der Waals surface area contributed by atoms with Gasteiger partial charge in [0.2, 0.25) is 0 Å². The van der Waals surface area contributed by atoms with E-state index in [0.29, 0.717) is 5.92 Å². The number of hydrogen-bond acceptors (Lipinski definition) is 1. The van der Waals surface area contributed by atoms with E-state index in [0.717, 1.165) is 19.3 Å². The van der Waals surface area contributed by atoms with Gasteiger partial charge in [-0.25, -0.2) is 0 Å². The van der Waals surface area contributed by atoms with Gasteiger partial charge in [-0.1, -0.05) is 72.8 Å². The summed E-state index contributed by atoms with van der Waals surface area (Å²) < 4.78 is 0. The molecule has 2 aliphatic carbocycles. The van der Waals surface area contributed by atoms with E-state index in [1.165, 1.54) is 44.5 Å². The van der Waals surface area contributed by atoms with Crippen LogP contribution in [0.1, 0.15) is 46.6 Å². The van der Waals surface area contributed by atoms with Crippen LogP contribution in [0.25, 0.3) is 16.7 Å². The summed E-state index contributed by atoms with van der Waals surface area (Å²) in [6.45, 7) is 0.250. The second-order valence-electron chi connectivity index (χ2n) is 7.29. The van der Waals surface area contributed by atoms with Crippen LogP contribution in [0.4, 0.5) is 0 Å². The monoisotopic (exact) mass is 338 g/mol. The Hall–Kier alpha value is -2.64. The second-order valence-corrected chi connectivity index (χ2v) is 7.29. The Balaban J connectivity index is 1.63. The second kappa shape index (κ2) is 6.26. The van der Waals surface area contributed by atoms with Crippen molar-refractivity contribution in [3.63, 3.8) is 0 Å². The van der Waals surface area contributed by atoms with Crippen LogP contribution in [0.15, 0.2) is 72.8 Å². The zero-order valence-electron chi connectivity index (χ0n) is 14.8. The molecule has 0 saturated carbocycles. The summed E-state index contributed by atoms with van der Waals surface area (Å²) in [5, 5.41) is 9.26. The van der Waals surface area contributed by atoms with Crippen LogP contribution in [0.5, 0.6) is 0 Å². The van der Waals surface area contributed by atoms with E-state index in [1.807, 2.05) is 0 Å². The molecule has 0 aliphatic heterocycles. The van der Waals surface area contributed by atoms with Gasteiger partial charge in [-0.15, -0.1) is 0 Å². The lowest BCUT2D eigenvalue weighted by molar-refractivity contribution is 0.290. The van der Waals surface area contributed by atoms with Crippen LogP contribution >= 0.6 is 0 Å². The molecule has 0 spiro atoms. The average Bonchev–Trinajstić information content (AvgIpc) is 3.25. The maximum atomic E-state index is 9.26. The van der Waals surface area contributed by atoms with Crippen LogP contribution < -0.4 is 0 Å². The molecule has 0 fully saturated rings. The van der Waals surface area contributed by atoms with E-state index in [1.54, 1.807) is 0 Å². The molecule has 0 bridgehead atoms. The predicted octanol–water partition coefficient (Wildman–Crippen LogP) is 5.56. The highest BCUT2D eigenvalue weighted by Gasteiger charge is 2.29. The largest absolute Gasteiger partial charge is 0.396 e. The first-order valence-electron chi connectivity index (χ1n) is 9.47. The Kier molecular flexibility index (Phi) is 3.76. The van der Waals surface area contributed by atoms with Crippen LogP contribution in [-0.2, 0) is 6.42 Å². The maximum Gasteiger partial charge on any atom is 0.0434 e. The van der Waals surface area contributed by atoms with Crippen molar-refractivity contribution in [2.24, 2.45) is 0 Å². The van der Waals surface area contributed by atoms with Gasteiger partial charge in [0.1, 0.15) is 0 Å². The molecule has 1 nitrogen and oxygen atoms in total. The Morgan fingerprint density at radius 3 is 2.38 bits per heavy atom. The highest BCUT2D eigenvalue weighted by molar-refractivity contribution is 5.81. The van der Waals surface area contributed by atoms with Gasteiger partial charge in [0.05, 0.1) is 0 Å². The molecule has 2 aliphatic rings. The van der Waals surface area contributed by atoms with Gasteiger partial charge in [0.25, 0.3) is 0 Å². The first kappa shape index (κ1) is 15.6. The number of aliphatic hydroxyl groups is 1. The number of aliphatic hydroxyl groups excluding tert-OH is 1. The Morgan fingerprint density at radius 1 is 0.769 bits per heavy atom. The minimum atomic E-state index is 0.250. The fourth-order valence-corrected chi connectivity index (χ4v) is 4.66. The number of rotatable bonds is 4. The molecule has 5 rings (SSSR count). The van der Waals surface area contributed by atoms with E-state index in [4.69, 9.17) is 0 Å². The van der Waals surface area contributed by atoms with Crippen molar-refractivity contribution in [1.82, 2.24) is 0 Å². The Labute approximate surface area is 154 Å². The van der Waals surface area contributed by atoms with Gasteiger partial charge >= 0.3 is 0 Å². The van der Waals surface area contributed by atoms with E-state index in [-0.39, 0.29) is 6.61 Å². The minimum Gasteiger partial charge on any atom is -0.396 e. The molecule has 1 atom stereocenters. The third kappa shape index (κ3) is 2.35. The summed E-state index contributed by atoms with van der Waals surface area (Å²) in [7, 11) is 0. The van der Waals surface area contributed by atoms with Crippen molar-refractivity contribution in [3.8, 4) is 11.1 Å². The summed E-state index contributed by atoms with van der Waals surface area (Å²) >= 11 is 0. The maximum absolute atomic E-state index is 9.26. The van der Waals surface area contributed by atoms with Crippen LogP contribution in [0, 0.1) is 0 Å². The van der Waals surface area contributed by atoms with Crippen molar-refractivity contribution < 1.29 is 5.11 Å². The molecule has 3 aromatic carbocycles. The van der Waals surface area contributed by atoms with Crippen molar-refractivity contribution in [2.75, 3.05) is 6.61 Å². The number of hydrogen-bond donors (Lipinski definition) is 1. The molecule has 26 heavy (non-hydrogen) atoms. The van der Waals surface area contributed by atoms with Crippen molar-refractivity contribution in [2.45, 2.75) is 25.2 Å². The van der Waals surface area contributed by atoms with Crippen LogP contribution in [0.2, 0.25) is 0 Å². The highest BCUT2D eigenvalue weighted by atomic mass is 16.2. The molecular formula is C25H22O. The fraction of sp³-hybridized carbons (Fsp3) is 0.200. The van der Waals surface area contributed by atoms with E-state index >= 15 is 0 Å². The van der Waals surface area contributed by atoms with Gasteiger partial charge in [-0.2, -0.15) is 0 Å². The standard InChI is InChI=1S/C25H22O/c26-14-6-8-18-16-24(21-11-4-3-10-20(18)21)23-13-5-12-22-19-9-2-1-7-17(19)15-25(22)23/h1-5,7,9-13,16,24,26H,6,8,14-15H2. The number of allylic oxidation sites excluding steroid dienone is 2. The molecule has 0 aromatic heterocycles. The molecular weight excluding hydrogens is 316 g/mol. The van der Waals surface area contributed by atoms with Gasteiger partial charge in [0, 0.05) is 12.5 Å². The van der Waals surface area contributed by atoms with Gasteiger partial charge in [-0.05, 0) is 63.8 Å². The fourth-order valence-electron chi connectivity index (χ4n) is 4.66.